The molecule has 5 nitrogen and oxygen atoms in total. The Morgan fingerprint density at radius 1 is 1.15 bits per heavy atom. The summed E-state index contributed by atoms with van der Waals surface area (Å²) in [5.41, 5.74) is 3.00. The number of nitrogens with one attached hydrogen (secondary N) is 1. The van der Waals surface area contributed by atoms with E-state index >= 15 is 0 Å². The first-order chi connectivity index (χ1) is 12.6. The number of hydrogen-bond acceptors (Lipinski definition) is 5. The van der Waals surface area contributed by atoms with Crippen molar-refractivity contribution in [3.63, 3.8) is 0 Å². The summed E-state index contributed by atoms with van der Waals surface area (Å²) in [6.45, 7) is 5.43. The van der Waals surface area contributed by atoms with E-state index in [0.717, 1.165) is 27.6 Å². The Morgan fingerprint density at radius 3 is 2.58 bits per heavy atom. The molecule has 26 heavy (non-hydrogen) atoms. The molecule has 0 saturated carbocycles. The zero-order valence-corrected chi connectivity index (χ0v) is 16.1. The smallest absolute Gasteiger partial charge is 0.227 e. The van der Waals surface area contributed by atoms with Gasteiger partial charge in [0, 0.05) is 11.0 Å². The Morgan fingerprint density at radius 2 is 1.88 bits per heavy atom. The van der Waals surface area contributed by atoms with E-state index < -0.39 is 0 Å². The van der Waals surface area contributed by atoms with Crippen LogP contribution in [0.15, 0.2) is 35.2 Å². The van der Waals surface area contributed by atoms with Gasteiger partial charge in [-0.1, -0.05) is 17.7 Å². The molecule has 0 saturated heterocycles. The number of benzene rings is 2. The molecule has 3 rings (SSSR count). The van der Waals surface area contributed by atoms with Crippen molar-refractivity contribution in [1.82, 2.24) is 0 Å². The zero-order chi connectivity index (χ0) is 18.5. The summed E-state index contributed by atoms with van der Waals surface area (Å²) < 4.78 is 16.9. The largest absolute Gasteiger partial charge is 0.493 e. The lowest BCUT2D eigenvalue weighted by molar-refractivity contribution is -0.116. The molecule has 0 radical (unpaired) electrons. The zero-order valence-electron chi connectivity index (χ0n) is 15.3. The molecule has 2 aromatic rings. The van der Waals surface area contributed by atoms with Crippen LogP contribution in [0.4, 0.5) is 5.69 Å². The van der Waals surface area contributed by atoms with E-state index in [0.29, 0.717) is 25.6 Å². The van der Waals surface area contributed by atoms with Crippen molar-refractivity contribution in [2.45, 2.75) is 25.2 Å². The van der Waals surface area contributed by atoms with Crippen LogP contribution in [-0.4, -0.2) is 32.0 Å². The Balaban J connectivity index is 1.59. The molecule has 1 aliphatic rings. The van der Waals surface area contributed by atoms with Crippen molar-refractivity contribution in [3.05, 3.63) is 41.5 Å². The maximum absolute atomic E-state index is 12.3. The summed E-state index contributed by atoms with van der Waals surface area (Å²) in [7, 11) is 0. The summed E-state index contributed by atoms with van der Waals surface area (Å²) in [5.74, 6) is 2.10. The fraction of sp³-hybridized carbons (Fsp3) is 0.350. The minimum absolute atomic E-state index is 0.0956. The maximum Gasteiger partial charge on any atom is 0.227 e. The van der Waals surface area contributed by atoms with Crippen molar-refractivity contribution in [2.75, 3.05) is 31.4 Å². The number of anilines is 1. The van der Waals surface area contributed by atoms with Crippen LogP contribution in [0.25, 0.3) is 0 Å². The summed E-state index contributed by atoms with van der Waals surface area (Å²) >= 11 is 1.55. The predicted molar refractivity (Wildman–Crippen MR) is 104 cm³/mol. The average Bonchev–Trinajstić information content (AvgIpc) is 2.63. The first-order valence-electron chi connectivity index (χ1n) is 8.54. The Kier molecular flexibility index (Phi) is 5.93. The second-order valence-corrected chi connectivity index (χ2v) is 6.96. The molecule has 0 atom stereocenters. The van der Waals surface area contributed by atoms with Gasteiger partial charge in [-0.05, 0) is 37.8 Å². The molecule has 6 heteroatoms. The molecule has 0 fully saturated rings. The summed E-state index contributed by atoms with van der Waals surface area (Å²) in [5, 5.41) is 2.95. The van der Waals surface area contributed by atoms with Crippen LogP contribution in [0.3, 0.4) is 0 Å². The van der Waals surface area contributed by atoms with Crippen LogP contribution in [0.1, 0.15) is 17.5 Å². The average molecular weight is 373 g/mol. The molecule has 2 aromatic carbocycles. The second-order valence-electron chi connectivity index (χ2n) is 6.11. The summed E-state index contributed by atoms with van der Waals surface area (Å²) in [6, 6.07) is 9.73. The number of amides is 1. The van der Waals surface area contributed by atoms with Crippen LogP contribution in [0, 0.1) is 13.8 Å². The van der Waals surface area contributed by atoms with E-state index in [1.54, 1.807) is 11.8 Å². The topological polar surface area (TPSA) is 56.8 Å². The quantitative estimate of drug-likeness (QED) is 0.769. The normalized spacial score (nSPS) is 12.6. The highest BCUT2D eigenvalue weighted by Crippen LogP contribution is 2.39. The lowest BCUT2D eigenvalue weighted by atomic mass is 10.1. The minimum atomic E-state index is -0.0956. The standard InChI is InChI=1S/C20H23NO4S/c1-13-4-5-16(14(2)10-13)23-7-6-20(22)21-15-11-17-18(12-19(15)26-3)25-9-8-24-17/h4-5,10-12H,6-9H2,1-3H3,(H,21,22). The Labute approximate surface area is 158 Å². The molecule has 138 valence electrons. The molecule has 0 spiro atoms. The first kappa shape index (κ1) is 18.5. The minimum Gasteiger partial charge on any atom is -0.493 e. The van der Waals surface area contributed by atoms with Gasteiger partial charge >= 0.3 is 0 Å². The Hall–Kier alpha value is -2.34. The molecule has 1 amide bonds. The van der Waals surface area contributed by atoms with Crippen LogP contribution in [0.5, 0.6) is 17.2 Å². The second kappa shape index (κ2) is 8.36. The molecule has 1 aliphatic heterocycles. The number of ether oxygens (including phenoxy) is 3. The van der Waals surface area contributed by atoms with Gasteiger partial charge < -0.3 is 19.5 Å². The van der Waals surface area contributed by atoms with Gasteiger partial charge in [-0.2, -0.15) is 0 Å². The van der Waals surface area contributed by atoms with Crippen molar-refractivity contribution in [1.29, 1.82) is 0 Å². The van der Waals surface area contributed by atoms with Gasteiger partial charge in [0.25, 0.3) is 0 Å². The van der Waals surface area contributed by atoms with Crippen LogP contribution < -0.4 is 19.5 Å². The number of aryl methyl sites for hydroxylation is 2. The molecular weight excluding hydrogens is 350 g/mol. The van der Waals surface area contributed by atoms with Crippen molar-refractivity contribution in [3.8, 4) is 17.2 Å². The molecule has 0 aliphatic carbocycles. The number of hydrogen-bond donors (Lipinski definition) is 1. The first-order valence-corrected chi connectivity index (χ1v) is 9.77. The molecular formula is C20H23NO4S. The summed E-state index contributed by atoms with van der Waals surface area (Å²) in [6.07, 6.45) is 2.24. The number of carbonyl (C=O) groups excluding carboxylic acids is 1. The highest BCUT2D eigenvalue weighted by molar-refractivity contribution is 7.98. The van der Waals surface area contributed by atoms with Gasteiger partial charge in [0.2, 0.25) is 5.91 Å². The number of carbonyl (C=O) groups is 1. The lowest BCUT2D eigenvalue weighted by Gasteiger charge is -2.21. The fourth-order valence-corrected chi connectivity index (χ4v) is 3.32. The number of fused-ring (bicyclic) bond motifs is 1. The van der Waals surface area contributed by atoms with Crippen LogP contribution in [0.2, 0.25) is 0 Å². The SMILES string of the molecule is CSc1cc2c(cc1NC(=O)CCOc1ccc(C)cc1C)OCCO2. The van der Waals surface area contributed by atoms with E-state index in [4.69, 9.17) is 14.2 Å². The van der Waals surface area contributed by atoms with Crippen LogP contribution in [-0.2, 0) is 4.79 Å². The molecule has 0 aromatic heterocycles. The van der Waals surface area contributed by atoms with E-state index in [1.165, 1.54) is 5.56 Å². The van der Waals surface area contributed by atoms with Crippen molar-refractivity contribution in [2.24, 2.45) is 0 Å². The number of thioether (sulfide) groups is 1. The van der Waals surface area contributed by atoms with Crippen molar-refractivity contribution < 1.29 is 19.0 Å². The third-order valence-corrected chi connectivity index (χ3v) is 4.83. The monoisotopic (exact) mass is 373 g/mol. The molecule has 1 heterocycles. The third-order valence-electron chi connectivity index (χ3n) is 4.06. The molecule has 1 N–H and O–H groups in total. The Bertz CT molecular complexity index is 807. The van der Waals surface area contributed by atoms with Gasteiger partial charge in [0.15, 0.2) is 11.5 Å². The van der Waals surface area contributed by atoms with E-state index in [2.05, 4.69) is 11.4 Å². The number of rotatable bonds is 6. The van der Waals surface area contributed by atoms with Crippen LogP contribution >= 0.6 is 11.8 Å². The van der Waals surface area contributed by atoms with Gasteiger partial charge in [-0.15, -0.1) is 11.8 Å². The van der Waals surface area contributed by atoms with Gasteiger partial charge in [-0.3, -0.25) is 4.79 Å². The fourth-order valence-electron chi connectivity index (χ4n) is 2.76. The summed E-state index contributed by atoms with van der Waals surface area (Å²) in [4.78, 5) is 13.2. The highest BCUT2D eigenvalue weighted by atomic mass is 32.2. The molecule has 0 bridgehead atoms. The highest BCUT2D eigenvalue weighted by Gasteiger charge is 2.17. The van der Waals surface area contributed by atoms with Crippen molar-refractivity contribution >= 4 is 23.4 Å². The van der Waals surface area contributed by atoms with E-state index in [9.17, 15) is 4.79 Å². The maximum atomic E-state index is 12.3. The predicted octanol–water partition coefficient (Wildman–Crippen LogP) is 4.20. The van der Waals surface area contributed by atoms with Gasteiger partial charge in [0.05, 0.1) is 18.7 Å². The molecule has 0 unspecified atom stereocenters. The lowest BCUT2D eigenvalue weighted by Crippen LogP contribution is -2.18. The third kappa shape index (κ3) is 4.43. The van der Waals surface area contributed by atoms with Gasteiger partial charge in [-0.25, -0.2) is 0 Å². The van der Waals surface area contributed by atoms with E-state index in [-0.39, 0.29) is 12.3 Å². The van der Waals surface area contributed by atoms with Gasteiger partial charge in [0.1, 0.15) is 19.0 Å². The van der Waals surface area contributed by atoms with E-state index in [1.807, 2.05) is 44.4 Å².